The topological polar surface area (TPSA) is 62.8 Å². The Bertz CT molecular complexity index is 347. The number of rotatable bonds is 2. The van der Waals surface area contributed by atoms with Gasteiger partial charge in [-0.2, -0.15) is 13.2 Å². The monoisotopic (exact) mass is 235 g/mol. The minimum absolute atomic E-state index is 0.0742. The summed E-state index contributed by atoms with van der Waals surface area (Å²) in [5.41, 5.74) is 4.77. The summed E-state index contributed by atoms with van der Waals surface area (Å²) < 4.78 is 36.3. The molecule has 82 valence electrons. The van der Waals surface area contributed by atoms with Gasteiger partial charge in [-0.1, -0.05) is 17.8 Å². The SMILES string of the molecule is N=C(N)SCc1ccc(C(F)(F)F)nc1. The first kappa shape index (κ1) is 11.8. The summed E-state index contributed by atoms with van der Waals surface area (Å²) in [6, 6.07) is 2.24. The maximum atomic E-state index is 12.1. The van der Waals surface area contributed by atoms with E-state index < -0.39 is 11.9 Å². The summed E-state index contributed by atoms with van der Waals surface area (Å²) in [6.45, 7) is 0. The molecule has 15 heavy (non-hydrogen) atoms. The van der Waals surface area contributed by atoms with Gasteiger partial charge >= 0.3 is 6.18 Å². The van der Waals surface area contributed by atoms with E-state index in [1.54, 1.807) is 0 Å². The predicted molar refractivity (Wildman–Crippen MR) is 52.4 cm³/mol. The summed E-state index contributed by atoms with van der Waals surface area (Å²) >= 11 is 1.04. The maximum absolute atomic E-state index is 12.1. The minimum Gasteiger partial charge on any atom is -0.379 e. The first-order valence-electron chi connectivity index (χ1n) is 3.88. The zero-order chi connectivity index (χ0) is 11.5. The maximum Gasteiger partial charge on any atom is 0.433 e. The Balaban J connectivity index is 2.69. The highest BCUT2D eigenvalue weighted by atomic mass is 32.2. The number of nitrogens with one attached hydrogen (secondary N) is 1. The van der Waals surface area contributed by atoms with Crippen molar-refractivity contribution >= 4 is 16.9 Å². The van der Waals surface area contributed by atoms with Crippen LogP contribution in [0.4, 0.5) is 13.2 Å². The van der Waals surface area contributed by atoms with Crippen LogP contribution in [0, 0.1) is 5.41 Å². The van der Waals surface area contributed by atoms with Crippen LogP contribution in [0.5, 0.6) is 0 Å². The zero-order valence-corrected chi connectivity index (χ0v) is 8.32. The molecule has 0 aliphatic rings. The smallest absolute Gasteiger partial charge is 0.379 e. The van der Waals surface area contributed by atoms with Gasteiger partial charge < -0.3 is 5.73 Å². The molecule has 1 heterocycles. The van der Waals surface area contributed by atoms with E-state index in [1.807, 2.05) is 0 Å². The number of hydrogen-bond donors (Lipinski definition) is 2. The third kappa shape index (κ3) is 3.78. The molecule has 0 aromatic carbocycles. The van der Waals surface area contributed by atoms with Crippen LogP contribution < -0.4 is 5.73 Å². The summed E-state index contributed by atoms with van der Waals surface area (Å²) in [5.74, 6) is 0.348. The van der Waals surface area contributed by atoms with Crippen molar-refractivity contribution in [3.8, 4) is 0 Å². The molecule has 1 aromatic rings. The molecule has 0 spiro atoms. The van der Waals surface area contributed by atoms with E-state index in [0.29, 0.717) is 11.3 Å². The number of nitrogens with zero attached hydrogens (tertiary/aromatic N) is 1. The van der Waals surface area contributed by atoms with Crippen LogP contribution in [0.25, 0.3) is 0 Å². The quantitative estimate of drug-likeness (QED) is 0.610. The van der Waals surface area contributed by atoms with Crippen molar-refractivity contribution < 1.29 is 13.2 Å². The van der Waals surface area contributed by atoms with Gasteiger partial charge in [0.05, 0.1) is 0 Å². The molecular formula is C8H8F3N3S. The Labute approximate surface area is 88.4 Å². The molecule has 7 heteroatoms. The molecule has 0 aliphatic carbocycles. The third-order valence-electron chi connectivity index (χ3n) is 1.51. The molecular weight excluding hydrogens is 227 g/mol. The van der Waals surface area contributed by atoms with E-state index in [9.17, 15) is 13.2 Å². The first-order valence-corrected chi connectivity index (χ1v) is 4.87. The van der Waals surface area contributed by atoms with Crippen LogP contribution >= 0.6 is 11.8 Å². The molecule has 0 amide bonds. The van der Waals surface area contributed by atoms with E-state index >= 15 is 0 Å². The van der Waals surface area contributed by atoms with Gasteiger partial charge in [-0.15, -0.1) is 0 Å². The fourth-order valence-electron chi connectivity index (χ4n) is 0.839. The van der Waals surface area contributed by atoms with Crippen molar-refractivity contribution in [2.24, 2.45) is 5.73 Å². The van der Waals surface area contributed by atoms with E-state index in [1.165, 1.54) is 6.07 Å². The lowest BCUT2D eigenvalue weighted by atomic mass is 10.3. The lowest BCUT2D eigenvalue weighted by Gasteiger charge is -2.05. The lowest BCUT2D eigenvalue weighted by Crippen LogP contribution is -2.08. The van der Waals surface area contributed by atoms with Crippen LogP contribution in [-0.2, 0) is 11.9 Å². The van der Waals surface area contributed by atoms with Crippen molar-refractivity contribution in [3.63, 3.8) is 0 Å². The average Bonchev–Trinajstić information content (AvgIpc) is 2.14. The average molecular weight is 235 g/mol. The largest absolute Gasteiger partial charge is 0.433 e. The van der Waals surface area contributed by atoms with Crippen LogP contribution in [0.15, 0.2) is 18.3 Å². The molecule has 0 bridgehead atoms. The molecule has 0 aliphatic heterocycles. The van der Waals surface area contributed by atoms with Crippen molar-refractivity contribution in [2.75, 3.05) is 0 Å². The molecule has 1 rings (SSSR count). The molecule has 0 saturated heterocycles. The van der Waals surface area contributed by atoms with Crippen LogP contribution in [0.2, 0.25) is 0 Å². The number of hydrogen-bond acceptors (Lipinski definition) is 3. The number of amidine groups is 1. The Hall–Kier alpha value is -1.24. The molecule has 3 N–H and O–H groups in total. The van der Waals surface area contributed by atoms with E-state index in [-0.39, 0.29) is 5.17 Å². The fraction of sp³-hybridized carbons (Fsp3) is 0.250. The van der Waals surface area contributed by atoms with Crippen molar-refractivity contribution in [1.29, 1.82) is 5.41 Å². The molecule has 0 atom stereocenters. The van der Waals surface area contributed by atoms with E-state index in [0.717, 1.165) is 24.0 Å². The standard InChI is InChI=1S/C8H8F3N3S/c9-8(10,11)6-2-1-5(3-14-6)4-15-7(12)13/h1-3H,4H2,(H3,12,13). The highest BCUT2D eigenvalue weighted by molar-refractivity contribution is 8.13. The van der Waals surface area contributed by atoms with Gasteiger partial charge in [-0.25, -0.2) is 0 Å². The van der Waals surface area contributed by atoms with Crippen molar-refractivity contribution in [2.45, 2.75) is 11.9 Å². The van der Waals surface area contributed by atoms with E-state index in [2.05, 4.69) is 4.98 Å². The summed E-state index contributed by atoms with van der Waals surface area (Å²) in [4.78, 5) is 3.28. The summed E-state index contributed by atoms with van der Waals surface area (Å²) in [7, 11) is 0. The summed E-state index contributed by atoms with van der Waals surface area (Å²) in [6.07, 6.45) is -3.27. The fourth-order valence-corrected chi connectivity index (χ4v) is 1.33. The van der Waals surface area contributed by atoms with Gasteiger partial charge in [-0.3, -0.25) is 10.4 Å². The van der Waals surface area contributed by atoms with Gasteiger partial charge in [0, 0.05) is 11.9 Å². The van der Waals surface area contributed by atoms with Gasteiger partial charge in [0.2, 0.25) is 0 Å². The molecule has 1 aromatic heterocycles. The third-order valence-corrected chi connectivity index (χ3v) is 2.30. The normalized spacial score (nSPS) is 11.4. The number of aromatic nitrogens is 1. The van der Waals surface area contributed by atoms with Gasteiger partial charge in [0.15, 0.2) is 5.17 Å². The van der Waals surface area contributed by atoms with Crippen molar-refractivity contribution in [3.05, 3.63) is 29.6 Å². The van der Waals surface area contributed by atoms with Crippen molar-refractivity contribution in [1.82, 2.24) is 4.98 Å². The Morgan fingerprint density at radius 2 is 2.13 bits per heavy atom. The molecule has 0 saturated carbocycles. The first-order chi connectivity index (χ1) is 6.89. The number of nitrogens with two attached hydrogens (primary N) is 1. The number of halogens is 3. The molecule has 0 fully saturated rings. The van der Waals surface area contributed by atoms with Gasteiger partial charge in [-0.05, 0) is 11.6 Å². The van der Waals surface area contributed by atoms with Crippen LogP contribution in [-0.4, -0.2) is 10.2 Å². The Kier molecular flexibility index (Phi) is 3.57. The van der Waals surface area contributed by atoms with E-state index in [4.69, 9.17) is 11.1 Å². The highest BCUT2D eigenvalue weighted by Gasteiger charge is 2.31. The number of alkyl halides is 3. The Morgan fingerprint density at radius 3 is 2.53 bits per heavy atom. The number of thioether (sulfide) groups is 1. The number of pyridine rings is 1. The lowest BCUT2D eigenvalue weighted by molar-refractivity contribution is -0.141. The second-order valence-electron chi connectivity index (χ2n) is 2.70. The van der Waals surface area contributed by atoms with Gasteiger partial charge in [0.1, 0.15) is 5.69 Å². The minimum atomic E-state index is -4.41. The second-order valence-corrected chi connectivity index (χ2v) is 3.72. The summed E-state index contributed by atoms with van der Waals surface area (Å²) in [5, 5.41) is 6.85. The van der Waals surface area contributed by atoms with Gasteiger partial charge in [0.25, 0.3) is 0 Å². The predicted octanol–water partition coefficient (Wildman–Crippen LogP) is 2.23. The molecule has 0 radical (unpaired) electrons. The van der Waals surface area contributed by atoms with Crippen LogP contribution in [0.3, 0.4) is 0 Å². The zero-order valence-electron chi connectivity index (χ0n) is 7.51. The second kappa shape index (κ2) is 4.52. The highest BCUT2D eigenvalue weighted by Crippen LogP contribution is 2.27. The van der Waals surface area contributed by atoms with Crippen LogP contribution in [0.1, 0.15) is 11.3 Å². The molecule has 3 nitrogen and oxygen atoms in total. The Morgan fingerprint density at radius 1 is 1.47 bits per heavy atom. The molecule has 0 unspecified atom stereocenters.